The van der Waals surface area contributed by atoms with Crippen molar-refractivity contribution in [3.05, 3.63) is 12.3 Å². The van der Waals surface area contributed by atoms with Crippen LogP contribution in [0.5, 0.6) is 0 Å². The standard InChI is InChI=1S/C16H33NSi/c1-7-8-14-17(15-12-10-9-11-13-15)18(5,6)16(2,3)4/h8,14-15H,7,9-13H2,1-6H3. The maximum Gasteiger partial charge on any atom is 0.155 e. The van der Waals surface area contributed by atoms with E-state index in [1.807, 2.05) is 0 Å². The lowest BCUT2D eigenvalue weighted by molar-refractivity contribution is 0.293. The summed E-state index contributed by atoms with van der Waals surface area (Å²) in [5.41, 5.74) is 0. The normalized spacial score (nSPS) is 19.4. The van der Waals surface area contributed by atoms with E-state index in [1.165, 1.54) is 32.1 Å². The SMILES string of the molecule is CCC=CN(C1CCCCC1)[Si](C)(C)C(C)(C)C. The monoisotopic (exact) mass is 267 g/mol. The van der Waals surface area contributed by atoms with Crippen molar-refractivity contribution in [1.82, 2.24) is 4.57 Å². The summed E-state index contributed by atoms with van der Waals surface area (Å²) in [6.45, 7) is 14.6. The zero-order valence-corrected chi connectivity index (χ0v) is 14.4. The zero-order chi connectivity index (χ0) is 13.8. The molecule has 1 nitrogen and oxygen atoms in total. The second kappa shape index (κ2) is 6.27. The largest absolute Gasteiger partial charge is 0.400 e. The molecule has 0 amide bonds. The van der Waals surface area contributed by atoms with Gasteiger partial charge in [0.15, 0.2) is 8.24 Å². The molecule has 1 rings (SSSR count). The van der Waals surface area contributed by atoms with Crippen LogP contribution in [-0.2, 0) is 0 Å². The quantitative estimate of drug-likeness (QED) is 0.604. The third-order valence-electron chi connectivity index (χ3n) is 4.95. The molecule has 18 heavy (non-hydrogen) atoms. The van der Waals surface area contributed by atoms with Gasteiger partial charge in [0.1, 0.15) is 0 Å². The summed E-state index contributed by atoms with van der Waals surface area (Å²) in [7, 11) is -1.41. The minimum absolute atomic E-state index is 0.433. The average Bonchev–Trinajstić information content (AvgIpc) is 2.29. The van der Waals surface area contributed by atoms with E-state index in [1.54, 1.807) is 0 Å². The highest BCUT2D eigenvalue weighted by Gasteiger charge is 2.42. The molecule has 0 heterocycles. The van der Waals surface area contributed by atoms with Gasteiger partial charge in [-0.05, 0) is 30.5 Å². The summed E-state index contributed by atoms with van der Waals surface area (Å²) < 4.78 is 2.80. The fourth-order valence-electron chi connectivity index (χ4n) is 2.73. The number of allylic oxidation sites excluding steroid dienone is 1. The first-order chi connectivity index (χ1) is 8.30. The molecule has 106 valence electrons. The summed E-state index contributed by atoms with van der Waals surface area (Å²) in [5, 5.41) is 0.433. The van der Waals surface area contributed by atoms with Crippen molar-refractivity contribution in [2.45, 2.75) is 90.4 Å². The molecule has 0 atom stereocenters. The van der Waals surface area contributed by atoms with E-state index >= 15 is 0 Å². The van der Waals surface area contributed by atoms with Gasteiger partial charge < -0.3 is 4.57 Å². The fourth-order valence-corrected chi connectivity index (χ4v) is 5.15. The molecule has 0 aromatic carbocycles. The Morgan fingerprint density at radius 2 is 1.67 bits per heavy atom. The predicted molar refractivity (Wildman–Crippen MR) is 85.3 cm³/mol. The smallest absolute Gasteiger partial charge is 0.155 e. The van der Waals surface area contributed by atoms with Crippen LogP contribution in [0, 0.1) is 0 Å². The van der Waals surface area contributed by atoms with Gasteiger partial charge in [0, 0.05) is 6.04 Å². The first kappa shape index (κ1) is 15.8. The highest BCUT2D eigenvalue weighted by Crippen LogP contribution is 2.41. The van der Waals surface area contributed by atoms with Crippen LogP contribution in [0.2, 0.25) is 18.1 Å². The van der Waals surface area contributed by atoms with Gasteiger partial charge in [-0.3, -0.25) is 0 Å². The third kappa shape index (κ3) is 3.63. The second-order valence-corrected chi connectivity index (χ2v) is 12.4. The first-order valence-corrected chi connectivity index (χ1v) is 10.7. The van der Waals surface area contributed by atoms with Crippen LogP contribution in [0.25, 0.3) is 0 Å². The maximum absolute atomic E-state index is 2.80. The summed E-state index contributed by atoms with van der Waals surface area (Å²) in [4.78, 5) is 0. The summed E-state index contributed by atoms with van der Waals surface area (Å²) in [5.74, 6) is 0. The Morgan fingerprint density at radius 3 is 2.11 bits per heavy atom. The number of nitrogens with zero attached hydrogens (tertiary/aromatic N) is 1. The molecular formula is C16H33NSi. The van der Waals surface area contributed by atoms with E-state index in [0.717, 1.165) is 12.5 Å². The topological polar surface area (TPSA) is 3.24 Å². The lowest BCUT2D eigenvalue weighted by Crippen LogP contribution is -2.56. The van der Waals surface area contributed by atoms with Gasteiger partial charge >= 0.3 is 0 Å². The number of hydrogen-bond acceptors (Lipinski definition) is 1. The van der Waals surface area contributed by atoms with Crippen LogP contribution in [0.3, 0.4) is 0 Å². The third-order valence-corrected chi connectivity index (χ3v) is 10.4. The van der Waals surface area contributed by atoms with Crippen molar-refractivity contribution in [3.8, 4) is 0 Å². The van der Waals surface area contributed by atoms with Crippen molar-refractivity contribution in [2.24, 2.45) is 0 Å². The molecule has 0 aromatic rings. The average molecular weight is 268 g/mol. The highest BCUT2D eigenvalue weighted by atomic mass is 28.3. The summed E-state index contributed by atoms with van der Waals surface area (Å²) in [6.07, 6.45) is 13.0. The Bertz CT molecular complexity index is 269. The van der Waals surface area contributed by atoms with Crippen LogP contribution in [0.15, 0.2) is 12.3 Å². The van der Waals surface area contributed by atoms with Gasteiger partial charge in [0.2, 0.25) is 0 Å². The van der Waals surface area contributed by atoms with E-state index in [4.69, 9.17) is 0 Å². The molecule has 0 N–H and O–H groups in total. The number of hydrogen-bond donors (Lipinski definition) is 0. The molecule has 1 aliphatic carbocycles. The Balaban J connectivity index is 2.93. The molecule has 0 spiro atoms. The van der Waals surface area contributed by atoms with Crippen molar-refractivity contribution in [1.29, 1.82) is 0 Å². The fraction of sp³-hybridized carbons (Fsp3) is 0.875. The van der Waals surface area contributed by atoms with Crippen LogP contribution >= 0.6 is 0 Å². The van der Waals surface area contributed by atoms with E-state index in [-0.39, 0.29) is 0 Å². The Kier molecular flexibility index (Phi) is 5.51. The summed E-state index contributed by atoms with van der Waals surface area (Å²) >= 11 is 0. The van der Waals surface area contributed by atoms with Crippen molar-refractivity contribution >= 4 is 8.24 Å². The molecule has 1 aliphatic rings. The van der Waals surface area contributed by atoms with Gasteiger partial charge in [0.05, 0.1) is 0 Å². The van der Waals surface area contributed by atoms with Crippen molar-refractivity contribution in [3.63, 3.8) is 0 Å². The minimum Gasteiger partial charge on any atom is -0.400 e. The van der Waals surface area contributed by atoms with Gasteiger partial charge in [-0.25, -0.2) is 0 Å². The Morgan fingerprint density at radius 1 is 1.11 bits per heavy atom. The lowest BCUT2D eigenvalue weighted by Gasteiger charge is -2.50. The first-order valence-electron chi connectivity index (χ1n) is 7.76. The molecule has 0 radical (unpaired) electrons. The van der Waals surface area contributed by atoms with Gasteiger partial charge in [0.25, 0.3) is 0 Å². The lowest BCUT2D eigenvalue weighted by atomic mass is 9.96. The Labute approximate surface area is 116 Å². The van der Waals surface area contributed by atoms with Crippen LogP contribution in [-0.4, -0.2) is 18.8 Å². The molecule has 1 saturated carbocycles. The molecule has 0 bridgehead atoms. The second-order valence-electron chi connectivity index (χ2n) is 7.30. The number of rotatable bonds is 4. The molecule has 2 heteroatoms. The Hall–Kier alpha value is -0.243. The predicted octanol–water partition coefficient (Wildman–Crippen LogP) is 5.55. The molecule has 0 aromatic heterocycles. The van der Waals surface area contributed by atoms with Crippen molar-refractivity contribution in [2.75, 3.05) is 0 Å². The minimum atomic E-state index is -1.41. The van der Waals surface area contributed by atoms with Gasteiger partial charge in [-0.15, -0.1) is 0 Å². The highest BCUT2D eigenvalue weighted by molar-refractivity contribution is 6.77. The van der Waals surface area contributed by atoms with E-state index in [9.17, 15) is 0 Å². The van der Waals surface area contributed by atoms with Gasteiger partial charge in [-0.2, -0.15) is 0 Å². The summed E-state index contributed by atoms with van der Waals surface area (Å²) in [6, 6.07) is 0.808. The molecular weight excluding hydrogens is 234 g/mol. The van der Waals surface area contributed by atoms with E-state index in [0.29, 0.717) is 5.04 Å². The van der Waals surface area contributed by atoms with Crippen LogP contribution in [0.1, 0.15) is 66.2 Å². The zero-order valence-electron chi connectivity index (χ0n) is 13.4. The van der Waals surface area contributed by atoms with Crippen LogP contribution < -0.4 is 0 Å². The van der Waals surface area contributed by atoms with Crippen molar-refractivity contribution < 1.29 is 0 Å². The van der Waals surface area contributed by atoms with E-state index < -0.39 is 8.24 Å². The van der Waals surface area contributed by atoms with Gasteiger partial charge in [-0.1, -0.05) is 66.1 Å². The molecule has 1 fully saturated rings. The maximum atomic E-state index is 2.80. The van der Waals surface area contributed by atoms with Crippen LogP contribution in [0.4, 0.5) is 0 Å². The molecule has 0 aliphatic heterocycles. The molecule has 0 unspecified atom stereocenters. The molecule has 0 saturated heterocycles. The van der Waals surface area contributed by atoms with E-state index in [2.05, 4.69) is 57.6 Å².